The second-order valence-corrected chi connectivity index (χ2v) is 6.10. The summed E-state index contributed by atoms with van der Waals surface area (Å²) in [6.45, 7) is 0. The molecule has 4 heteroatoms. The van der Waals surface area contributed by atoms with Gasteiger partial charge in [-0.15, -0.1) is 11.6 Å². The molecule has 1 aliphatic rings. The zero-order chi connectivity index (χ0) is 13.7. The number of halogens is 2. The molecule has 2 rings (SSSR count). The first-order valence-electron chi connectivity index (χ1n) is 6.83. The molecular formula is C15H20BrClO2. The molecule has 0 heterocycles. The molecule has 0 aromatic heterocycles. The molecule has 0 unspecified atom stereocenters. The third-order valence-corrected chi connectivity index (χ3v) is 4.43. The van der Waals surface area contributed by atoms with Gasteiger partial charge in [0.2, 0.25) is 0 Å². The summed E-state index contributed by atoms with van der Waals surface area (Å²) >= 11 is 9.44. The number of hydrogen-bond donors (Lipinski definition) is 0. The zero-order valence-electron chi connectivity index (χ0n) is 11.3. The SMILES string of the molecule is COc1cc(CCl)cc(Br)c1OC1CCCCCC1. The Bertz CT molecular complexity index is 415. The zero-order valence-corrected chi connectivity index (χ0v) is 13.6. The van der Waals surface area contributed by atoms with Crippen LogP contribution in [0.1, 0.15) is 44.1 Å². The molecule has 1 aromatic carbocycles. The fourth-order valence-corrected chi connectivity index (χ4v) is 3.23. The predicted molar refractivity (Wildman–Crippen MR) is 82.4 cm³/mol. The van der Waals surface area contributed by atoms with Crippen LogP contribution in [0.2, 0.25) is 0 Å². The van der Waals surface area contributed by atoms with Crippen LogP contribution in [0.15, 0.2) is 16.6 Å². The van der Waals surface area contributed by atoms with Crippen molar-refractivity contribution in [2.75, 3.05) is 7.11 Å². The lowest BCUT2D eigenvalue weighted by molar-refractivity contribution is 0.175. The van der Waals surface area contributed by atoms with Gasteiger partial charge in [-0.1, -0.05) is 12.8 Å². The van der Waals surface area contributed by atoms with Gasteiger partial charge >= 0.3 is 0 Å². The minimum Gasteiger partial charge on any atom is -0.493 e. The van der Waals surface area contributed by atoms with E-state index in [1.165, 1.54) is 25.7 Å². The molecule has 1 aromatic rings. The van der Waals surface area contributed by atoms with Crippen LogP contribution in [0.4, 0.5) is 0 Å². The van der Waals surface area contributed by atoms with Crippen LogP contribution in [0.3, 0.4) is 0 Å². The molecular weight excluding hydrogens is 328 g/mol. The Morgan fingerprint density at radius 3 is 2.47 bits per heavy atom. The minimum absolute atomic E-state index is 0.301. The van der Waals surface area contributed by atoms with Crippen molar-refractivity contribution in [3.05, 3.63) is 22.2 Å². The molecule has 0 spiro atoms. The predicted octanol–water partition coefficient (Wildman–Crippen LogP) is 5.30. The third-order valence-electron chi connectivity index (χ3n) is 3.53. The van der Waals surface area contributed by atoms with Crippen molar-refractivity contribution in [3.8, 4) is 11.5 Å². The van der Waals surface area contributed by atoms with E-state index in [4.69, 9.17) is 21.1 Å². The van der Waals surface area contributed by atoms with Crippen molar-refractivity contribution in [1.82, 2.24) is 0 Å². The number of benzene rings is 1. The lowest BCUT2D eigenvalue weighted by Gasteiger charge is -2.20. The first-order chi connectivity index (χ1) is 9.24. The average Bonchev–Trinajstić information content (AvgIpc) is 2.69. The van der Waals surface area contributed by atoms with Crippen molar-refractivity contribution < 1.29 is 9.47 Å². The lowest BCUT2D eigenvalue weighted by atomic mass is 10.1. The molecule has 0 aliphatic heterocycles. The highest BCUT2D eigenvalue weighted by Crippen LogP contribution is 2.39. The Labute approximate surface area is 128 Å². The van der Waals surface area contributed by atoms with Crippen molar-refractivity contribution in [3.63, 3.8) is 0 Å². The molecule has 0 N–H and O–H groups in total. The Balaban J connectivity index is 2.18. The smallest absolute Gasteiger partial charge is 0.175 e. The monoisotopic (exact) mass is 346 g/mol. The van der Waals surface area contributed by atoms with E-state index in [9.17, 15) is 0 Å². The molecule has 0 atom stereocenters. The Kier molecular flexibility index (Phi) is 5.83. The van der Waals surface area contributed by atoms with Crippen LogP contribution in [0, 0.1) is 0 Å². The van der Waals surface area contributed by atoms with Crippen molar-refractivity contribution >= 4 is 27.5 Å². The van der Waals surface area contributed by atoms with E-state index in [-0.39, 0.29) is 0 Å². The number of hydrogen-bond acceptors (Lipinski definition) is 2. The van der Waals surface area contributed by atoms with Gasteiger partial charge in [0.05, 0.1) is 17.7 Å². The lowest BCUT2D eigenvalue weighted by Crippen LogP contribution is -2.16. The number of ether oxygens (including phenoxy) is 2. The number of rotatable bonds is 4. The highest BCUT2D eigenvalue weighted by Gasteiger charge is 2.18. The topological polar surface area (TPSA) is 18.5 Å². The van der Waals surface area contributed by atoms with Gasteiger partial charge < -0.3 is 9.47 Å². The van der Waals surface area contributed by atoms with Gasteiger partial charge in [-0.25, -0.2) is 0 Å². The Hall–Kier alpha value is -0.410. The summed E-state index contributed by atoms with van der Waals surface area (Å²) in [5.41, 5.74) is 1.03. The van der Waals surface area contributed by atoms with E-state index < -0.39 is 0 Å². The molecule has 0 bridgehead atoms. The maximum atomic E-state index is 6.17. The van der Waals surface area contributed by atoms with Crippen LogP contribution >= 0.6 is 27.5 Å². The normalized spacial score (nSPS) is 17.0. The van der Waals surface area contributed by atoms with E-state index in [0.717, 1.165) is 34.4 Å². The van der Waals surface area contributed by atoms with Crippen molar-refractivity contribution in [2.45, 2.75) is 50.5 Å². The Morgan fingerprint density at radius 2 is 1.89 bits per heavy atom. The number of methoxy groups -OCH3 is 1. The summed E-state index contributed by atoms with van der Waals surface area (Å²) in [4.78, 5) is 0. The average molecular weight is 348 g/mol. The third kappa shape index (κ3) is 4.03. The molecule has 19 heavy (non-hydrogen) atoms. The highest BCUT2D eigenvalue weighted by atomic mass is 79.9. The first-order valence-corrected chi connectivity index (χ1v) is 8.16. The minimum atomic E-state index is 0.301. The largest absolute Gasteiger partial charge is 0.493 e. The van der Waals surface area contributed by atoms with Crippen LogP contribution in [0.5, 0.6) is 11.5 Å². The molecule has 1 aliphatic carbocycles. The van der Waals surface area contributed by atoms with Gasteiger partial charge in [-0.3, -0.25) is 0 Å². The van der Waals surface area contributed by atoms with Crippen molar-refractivity contribution in [2.24, 2.45) is 0 Å². The van der Waals surface area contributed by atoms with E-state index in [2.05, 4.69) is 15.9 Å². The van der Waals surface area contributed by atoms with Crippen LogP contribution in [-0.2, 0) is 5.88 Å². The molecule has 0 amide bonds. The van der Waals surface area contributed by atoms with Gasteiger partial charge in [-0.2, -0.15) is 0 Å². The fraction of sp³-hybridized carbons (Fsp3) is 0.600. The summed E-state index contributed by atoms with van der Waals surface area (Å²) in [6, 6.07) is 3.95. The maximum absolute atomic E-state index is 6.17. The summed E-state index contributed by atoms with van der Waals surface area (Å²) in [6.07, 6.45) is 7.72. The second kappa shape index (κ2) is 7.39. The molecule has 1 saturated carbocycles. The second-order valence-electron chi connectivity index (χ2n) is 4.97. The maximum Gasteiger partial charge on any atom is 0.175 e. The van der Waals surface area contributed by atoms with E-state index in [1.807, 2.05) is 12.1 Å². The first kappa shape index (κ1) is 15.0. The van der Waals surface area contributed by atoms with E-state index >= 15 is 0 Å². The summed E-state index contributed by atoms with van der Waals surface area (Å²) < 4.78 is 12.5. The summed E-state index contributed by atoms with van der Waals surface area (Å²) in [7, 11) is 1.67. The van der Waals surface area contributed by atoms with Gasteiger partial charge in [-0.05, 0) is 59.3 Å². The Morgan fingerprint density at radius 1 is 1.21 bits per heavy atom. The number of alkyl halides is 1. The van der Waals surface area contributed by atoms with E-state index in [1.54, 1.807) is 7.11 Å². The molecule has 106 valence electrons. The summed E-state index contributed by atoms with van der Waals surface area (Å²) in [5, 5.41) is 0. The quantitative estimate of drug-likeness (QED) is 0.543. The van der Waals surface area contributed by atoms with Gasteiger partial charge in [0.1, 0.15) is 0 Å². The fourth-order valence-electron chi connectivity index (χ4n) is 2.49. The van der Waals surface area contributed by atoms with Crippen LogP contribution in [0.25, 0.3) is 0 Å². The summed E-state index contributed by atoms with van der Waals surface area (Å²) in [5.74, 6) is 2.04. The van der Waals surface area contributed by atoms with Gasteiger partial charge in [0.25, 0.3) is 0 Å². The van der Waals surface area contributed by atoms with E-state index in [0.29, 0.717) is 12.0 Å². The molecule has 2 nitrogen and oxygen atoms in total. The van der Waals surface area contributed by atoms with Gasteiger partial charge in [0, 0.05) is 5.88 Å². The molecule has 0 radical (unpaired) electrons. The molecule has 0 saturated heterocycles. The highest BCUT2D eigenvalue weighted by molar-refractivity contribution is 9.10. The van der Waals surface area contributed by atoms with Gasteiger partial charge in [0.15, 0.2) is 11.5 Å². The molecule has 1 fully saturated rings. The van der Waals surface area contributed by atoms with Crippen LogP contribution < -0.4 is 9.47 Å². The standard InChI is InChI=1S/C15H20BrClO2/c1-18-14-9-11(10-17)8-13(16)15(14)19-12-6-4-2-3-5-7-12/h8-9,12H,2-7,10H2,1H3. The van der Waals surface area contributed by atoms with Crippen molar-refractivity contribution in [1.29, 1.82) is 0 Å². The van der Waals surface area contributed by atoms with Crippen LogP contribution in [-0.4, -0.2) is 13.2 Å².